The smallest absolute Gasteiger partial charge is 0.339 e. The predicted molar refractivity (Wildman–Crippen MR) is 55.3 cm³/mol. The molecule has 0 aliphatic rings. The van der Waals surface area contributed by atoms with Crippen molar-refractivity contribution >= 4 is 11.7 Å². The molecule has 1 rings (SSSR count). The fourth-order valence-electron chi connectivity index (χ4n) is 1.18. The number of aromatic carboxylic acids is 1. The number of carboxylic acids is 1. The molecule has 1 aromatic carbocycles. The van der Waals surface area contributed by atoms with Gasteiger partial charge < -0.3 is 14.6 Å². The first-order valence-corrected chi connectivity index (χ1v) is 4.18. The van der Waals surface area contributed by atoms with Crippen molar-refractivity contribution in [1.82, 2.24) is 0 Å². The standard InChI is InChI=1S/C9H9N3O4/c1-15-7-4-6(11-12-10)8(16-2)3-5(7)9(13)14/h3-4H,1-2H3,(H,13,14). The van der Waals surface area contributed by atoms with Crippen LogP contribution in [0.25, 0.3) is 10.4 Å². The molecule has 1 N–H and O–H groups in total. The van der Waals surface area contributed by atoms with Gasteiger partial charge in [-0.1, -0.05) is 5.11 Å². The lowest BCUT2D eigenvalue weighted by molar-refractivity contribution is 0.0693. The first-order valence-electron chi connectivity index (χ1n) is 4.18. The van der Waals surface area contributed by atoms with Gasteiger partial charge >= 0.3 is 5.97 Å². The van der Waals surface area contributed by atoms with Crippen LogP contribution in [0.4, 0.5) is 5.69 Å². The Balaban J connectivity index is 3.45. The Hall–Kier alpha value is -2.40. The maximum atomic E-state index is 10.9. The van der Waals surface area contributed by atoms with Gasteiger partial charge in [-0.05, 0) is 17.7 Å². The van der Waals surface area contributed by atoms with Gasteiger partial charge in [-0.2, -0.15) is 0 Å². The summed E-state index contributed by atoms with van der Waals surface area (Å²) in [6, 6.07) is 2.55. The van der Waals surface area contributed by atoms with Gasteiger partial charge in [0.1, 0.15) is 17.1 Å². The molecule has 0 aliphatic heterocycles. The monoisotopic (exact) mass is 223 g/mol. The zero-order valence-electron chi connectivity index (χ0n) is 8.67. The lowest BCUT2D eigenvalue weighted by atomic mass is 10.1. The second kappa shape index (κ2) is 4.90. The molecule has 0 fully saturated rings. The molecule has 0 heterocycles. The highest BCUT2D eigenvalue weighted by Crippen LogP contribution is 2.34. The molecule has 0 aromatic heterocycles. The largest absolute Gasteiger partial charge is 0.496 e. The normalized spacial score (nSPS) is 9.12. The molecule has 0 radical (unpaired) electrons. The van der Waals surface area contributed by atoms with Crippen molar-refractivity contribution in [3.05, 3.63) is 28.1 Å². The van der Waals surface area contributed by atoms with E-state index in [0.29, 0.717) is 0 Å². The Bertz CT molecular complexity index is 436. The van der Waals surface area contributed by atoms with Gasteiger partial charge in [-0.3, -0.25) is 0 Å². The summed E-state index contributed by atoms with van der Waals surface area (Å²) in [4.78, 5) is 13.5. The highest BCUT2D eigenvalue weighted by Gasteiger charge is 2.15. The van der Waals surface area contributed by atoms with E-state index in [1.807, 2.05) is 0 Å². The summed E-state index contributed by atoms with van der Waals surface area (Å²) in [5.41, 5.74) is 8.44. The van der Waals surface area contributed by atoms with Gasteiger partial charge in [0, 0.05) is 4.91 Å². The van der Waals surface area contributed by atoms with Crippen LogP contribution in [0.1, 0.15) is 10.4 Å². The van der Waals surface area contributed by atoms with Crippen LogP contribution in [0, 0.1) is 0 Å². The van der Waals surface area contributed by atoms with Gasteiger partial charge in [0.15, 0.2) is 0 Å². The quantitative estimate of drug-likeness (QED) is 0.480. The van der Waals surface area contributed by atoms with Crippen molar-refractivity contribution < 1.29 is 19.4 Å². The van der Waals surface area contributed by atoms with Gasteiger partial charge in [-0.15, -0.1) is 0 Å². The second-order valence-electron chi connectivity index (χ2n) is 2.72. The van der Waals surface area contributed by atoms with E-state index in [2.05, 4.69) is 10.0 Å². The molecular formula is C9H9N3O4. The molecule has 0 saturated heterocycles. The fourth-order valence-corrected chi connectivity index (χ4v) is 1.18. The van der Waals surface area contributed by atoms with Crippen molar-refractivity contribution in [1.29, 1.82) is 0 Å². The number of methoxy groups -OCH3 is 2. The molecule has 7 nitrogen and oxygen atoms in total. The average Bonchev–Trinajstić information content (AvgIpc) is 2.28. The van der Waals surface area contributed by atoms with E-state index in [0.717, 1.165) is 0 Å². The molecule has 84 valence electrons. The summed E-state index contributed by atoms with van der Waals surface area (Å²) in [7, 11) is 2.68. The summed E-state index contributed by atoms with van der Waals surface area (Å²) in [5, 5.41) is 12.3. The molecule has 0 spiro atoms. The average molecular weight is 223 g/mol. The molecule has 0 bridgehead atoms. The molecular weight excluding hydrogens is 214 g/mol. The zero-order chi connectivity index (χ0) is 12.1. The van der Waals surface area contributed by atoms with Crippen LogP contribution in [0.5, 0.6) is 11.5 Å². The summed E-state index contributed by atoms with van der Waals surface area (Å²) < 4.78 is 9.78. The van der Waals surface area contributed by atoms with E-state index in [1.54, 1.807) is 0 Å². The van der Waals surface area contributed by atoms with Crippen LogP contribution in [-0.4, -0.2) is 25.3 Å². The van der Waals surface area contributed by atoms with E-state index in [1.165, 1.54) is 26.4 Å². The molecule has 7 heteroatoms. The van der Waals surface area contributed by atoms with Gasteiger partial charge in [0.2, 0.25) is 0 Å². The van der Waals surface area contributed by atoms with Crippen molar-refractivity contribution in [2.75, 3.05) is 14.2 Å². The van der Waals surface area contributed by atoms with Crippen molar-refractivity contribution in [2.24, 2.45) is 5.11 Å². The number of hydrogen-bond acceptors (Lipinski definition) is 4. The first-order chi connectivity index (χ1) is 7.63. The number of carbonyl (C=O) groups is 1. The number of carboxylic acid groups (broad SMARTS) is 1. The highest BCUT2D eigenvalue weighted by atomic mass is 16.5. The van der Waals surface area contributed by atoms with Crippen molar-refractivity contribution in [3.63, 3.8) is 0 Å². The van der Waals surface area contributed by atoms with E-state index in [-0.39, 0.29) is 22.7 Å². The molecule has 1 aromatic rings. The topological polar surface area (TPSA) is 105 Å². The Morgan fingerprint density at radius 3 is 2.44 bits per heavy atom. The maximum absolute atomic E-state index is 10.9. The number of nitrogens with zero attached hydrogens (tertiary/aromatic N) is 3. The lowest BCUT2D eigenvalue weighted by Gasteiger charge is -2.09. The number of hydrogen-bond donors (Lipinski definition) is 1. The number of rotatable bonds is 4. The van der Waals surface area contributed by atoms with Gasteiger partial charge in [0.05, 0.1) is 19.9 Å². The third-order valence-corrected chi connectivity index (χ3v) is 1.88. The molecule has 16 heavy (non-hydrogen) atoms. The lowest BCUT2D eigenvalue weighted by Crippen LogP contribution is -2.01. The first kappa shape index (κ1) is 11.7. The Morgan fingerprint density at radius 2 is 2.00 bits per heavy atom. The summed E-state index contributed by atoms with van der Waals surface area (Å²) in [5.74, 6) is -0.866. The van der Waals surface area contributed by atoms with Crippen LogP contribution in [0.15, 0.2) is 17.2 Å². The minimum atomic E-state index is -1.15. The zero-order valence-corrected chi connectivity index (χ0v) is 8.67. The highest BCUT2D eigenvalue weighted by molar-refractivity contribution is 5.92. The van der Waals surface area contributed by atoms with Crippen LogP contribution in [-0.2, 0) is 0 Å². The van der Waals surface area contributed by atoms with Crippen LogP contribution in [0.2, 0.25) is 0 Å². The fraction of sp³-hybridized carbons (Fsp3) is 0.222. The molecule has 0 aliphatic carbocycles. The third kappa shape index (κ3) is 2.15. The maximum Gasteiger partial charge on any atom is 0.339 e. The van der Waals surface area contributed by atoms with E-state index < -0.39 is 5.97 Å². The Labute approximate surface area is 90.8 Å². The molecule has 0 unspecified atom stereocenters. The summed E-state index contributed by atoms with van der Waals surface area (Å²) in [6.45, 7) is 0. The minimum absolute atomic E-state index is 0.0590. The summed E-state index contributed by atoms with van der Waals surface area (Å²) >= 11 is 0. The SMILES string of the molecule is COc1cc(C(=O)O)c(OC)cc1N=[N+]=[N-]. The molecule has 0 saturated carbocycles. The van der Waals surface area contributed by atoms with Gasteiger partial charge in [-0.25, -0.2) is 4.79 Å². The van der Waals surface area contributed by atoms with Crippen molar-refractivity contribution in [2.45, 2.75) is 0 Å². The van der Waals surface area contributed by atoms with Crippen LogP contribution < -0.4 is 9.47 Å². The predicted octanol–water partition coefficient (Wildman–Crippen LogP) is 2.34. The summed E-state index contributed by atoms with van der Waals surface area (Å²) in [6.07, 6.45) is 0. The van der Waals surface area contributed by atoms with E-state index >= 15 is 0 Å². The number of benzene rings is 1. The number of azide groups is 1. The molecule has 0 atom stereocenters. The minimum Gasteiger partial charge on any atom is -0.496 e. The van der Waals surface area contributed by atoms with Crippen molar-refractivity contribution in [3.8, 4) is 11.5 Å². The number of ether oxygens (including phenoxy) is 2. The van der Waals surface area contributed by atoms with Gasteiger partial charge in [0.25, 0.3) is 0 Å². The Kier molecular flexibility index (Phi) is 3.58. The van der Waals surface area contributed by atoms with Crippen LogP contribution in [0.3, 0.4) is 0 Å². The second-order valence-corrected chi connectivity index (χ2v) is 2.72. The molecule has 0 amide bonds. The third-order valence-electron chi connectivity index (χ3n) is 1.88. The van der Waals surface area contributed by atoms with E-state index in [9.17, 15) is 4.79 Å². The Morgan fingerprint density at radius 1 is 1.38 bits per heavy atom. The van der Waals surface area contributed by atoms with Crippen LogP contribution >= 0.6 is 0 Å². The van der Waals surface area contributed by atoms with E-state index in [4.69, 9.17) is 20.1 Å².